The number of hydrogen-bond donors (Lipinski definition) is 1. The van der Waals surface area contributed by atoms with Crippen LogP contribution in [0, 0.1) is 0 Å². The Hall–Kier alpha value is -0.990. The van der Waals surface area contributed by atoms with Crippen molar-refractivity contribution in [2.75, 3.05) is 5.73 Å². The molecular weight excluding hydrogens is 174 g/mol. The van der Waals surface area contributed by atoms with Crippen molar-refractivity contribution in [1.82, 2.24) is 9.55 Å². The van der Waals surface area contributed by atoms with Crippen LogP contribution in [0.25, 0.3) is 0 Å². The van der Waals surface area contributed by atoms with Gasteiger partial charge in [0.2, 0.25) is 0 Å². The molecule has 2 rings (SSSR count). The van der Waals surface area contributed by atoms with E-state index in [-0.39, 0.29) is 0 Å². The average molecular weight is 193 g/mol. The summed E-state index contributed by atoms with van der Waals surface area (Å²) in [6.07, 6.45) is 2.53. The van der Waals surface area contributed by atoms with E-state index in [1.807, 2.05) is 0 Å². The highest BCUT2D eigenvalue weighted by Gasteiger charge is 2.30. The van der Waals surface area contributed by atoms with Gasteiger partial charge >= 0.3 is 0 Å². The molecule has 0 spiro atoms. The van der Waals surface area contributed by atoms with E-state index >= 15 is 0 Å². The molecule has 0 bridgehead atoms. The summed E-state index contributed by atoms with van der Waals surface area (Å²) in [5.74, 6) is 3.16. The highest BCUT2D eigenvalue weighted by atomic mass is 15.1. The van der Waals surface area contributed by atoms with E-state index < -0.39 is 0 Å². The largest absolute Gasteiger partial charge is 0.384 e. The molecule has 0 aliphatic heterocycles. The van der Waals surface area contributed by atoms with Crippen LogP contribution in [0.2, 0.25) is 0 Å². The minimum Gasteiger partial charge on any atom is -0.384 e. The molecule has 78 valence electrons. The van der Waals surface area contributed by atoms with E-state index in [2.05, 4.69) is 30.3 Å². The number of hydrogen-bond acceptors (Lipinski definition) is 2. The smallest absolute Gasteiger partial charge is 0.127 e. The third-order valence-electron chi connectivity index (χ3n) is 2.86. The molecule has 1 aliphatic carbocycles. The molecule has 3 heteroatoms. The van der Waals surface area contributed by atoms with Gasteiger partial charge in [-0.25, -0.2) is 4.98 Å². The summed E-state index contributed by atoms with van der Waals surface area (Å²) in [6.45, 7) is 7.40. The number of nitrogens with two attached hydrogens (primary N) is 1. The first-order valence-corrected chi connectivity index (χ1v) is 5.50. The predicted molar refractivity (Wildman–Crippen MR) is 58.4 cm³/mol. The Bertz CT molecular complexity index is 335. The Kier molecular flexibility index (Phi) is 2.25. The molecule has 14 heavy (non-hydrogen) atoms. The lowest BCUT2D eigenvalue weighted by Gasteiger charge is -2.08. The van der Waals surface area contributed by atoms with E-state index in [9.17, 15) is 0 Å². The van der Waals surface area contributed by atoms with Crippen molar-refractivity contribution >= 4 is 5.82 Å². The molecule has 1 heterocycles. The summed E-state index contributed by atoms with van der Waals surface area (Å²) >= 11 is 0. The average Bonchev–Trinajstić information content (AvgIpc) is 2.90. The monoisotopic (exact) mass is 193 g/mol. The van der Waals surface area contributed by atoms with Crippen molar-refractivity contribution in [2.24, 2.45) is 0 Å². The van der Waals surface area contributed by atoms with Crippen molar-refractivity contribution in [2.45, 2.75) is 52.0 Å². The van der Waals surface area contributed by atoms with Crippen molar-refractivity contribution in [3.05, 3.63) is 11.5 Å². The van der Waals surface area contributed by atoms with Gasteiger partial charge in [-0.05, 0) is 19.8 Å². The van der Waals surface area contributed by atoms with Crippen LogP contribution in [-0.2, 0) is 6.54 Å². The number of aromatic nitrogens is 2. The lowest BCUT2D eigenvalue weighted by atomic mass is 10.2. The Balaban J connectivity index is 2.43. The van der Waals surface area contributed by atoms with Crippen molar-refractivity contribution < 1.29 is 0 Å². The first-order chi connectivity index (χ1) is 6.65. The Morgan fingerprint density at radius 1 is 1.50 bits per heavy atom. The van der Waals surface area contributed by atoms with Crippen LogP contribution >= 0.6 is 0 Å². The van der Waals surface area contributed by atoms with Crippen molar-refractivity contribution in [3.63, 3.8) is 0 Å². The van der Waals surface area contributed by atoms with Crippen LogP contribution in [0.1, 0.15) is 57.0 Å². The number of anilines is 1. The second-order valence-electron chi connectivity index (χ2n) is 4.41. The maximum atomic E-state index is 6.09. The Morgan fingerprint density at radius 3 is 2.50 bits per heavy atom. The highest BCUT2D eigenvalue weighted by molar-refractivity contribution is 5.43. The summed E-state index contributed by atoms with van der Waals surface area (Å²) in [4.78, 5) is 4.68. The molecule has 0 radical (unpaired) electrons. The molecule has 0 atom stereocenters. The van der Waals surface area contributed by atoms with Crippen molar-refractivity contribution in [3.8, 4) is 0 Å². The zero-order chi connectivity index (χ0) is 10.3. The van der Waals surface area contributed by atoms with Gasteiger partial charge in [0.15, 0.2) is 0 Å². The number of nitrogens with zero attached hydrogens (tertiary/aromatic N) is 2. The van der Waals surface area contributed by atoms with Gasteiger partial charge < -0.3 is 10.3 Å². The van der Waals surface area contributed by atoms with Gasteiger partial charge in [-0.1, -0.05) is 13.8 Å². The topological polar surface area (TPSA) is 43.8 Å². The molecule has 0 amide bonds. The fourth-order valence-corrected chi connectivity index (χ4v) is 1.93. The van der Waals surface area contributed by atoms with Crippen molar-refractivity contribution in [1.29, 1.82) is 0 Å². The van der Waals surface area contributed by atoms with Gasteiger partial charge in [0.05, 0.1) is 5.69 Å². The molecule has 0 saturated heterocycles. The second kappa shape index (κ2) is 3.30. The predicted octanol–water partition coefficient (Wildman–Crippen LogP) is 2.49. The molecule has 1 aromatic rings. The van der Waals surface area contributed by atoms with E-state index in [0.29, 0.717) is 11.8 Å². The minimum atomic E-state index is 0.463. The van der Waals surface area contributed by atoms with E-state index in [0.717, 1.165) is 23.9 Å². The maximum Gasteiger partial charge on any atom is 0.127 e. The Morgan fingerprint density at radius 2 is 2.14 bits per heavy atom. The molecule has 1 aromatic heterocycles. The second-order valence-corrected chi connectivity index (χ2v) is 4.41. The summed E-state index contributed by atoms with van der Waals surface area (Å²) in [5.41, 5.74) is 7.24. The number of rotatable bonds is 3. The lowest BCUT2D eigenvalue weighted by molar-refractivity contribution is 0.658. The van der Waals surface area contributed by atoms with Gasteiger partial charge in [-0.3, -0.25) is 0 Å². The number of nitrogen functional groups attached to an aromatic ring is 1. The molecule has 3 nitrogen and oxygen atoms in total. The molecule has 0 unspecified atom stereocenters. The summed E-state index contributed by atoms with van der Waals surface area (Å²) in [7, 11) is 0. The Labute approximate surface area is 85.3 Å². The number of imidazole rings is 1. The molecule has 1 saturated carbocycles. The fraction of sp³-hybridized carbons (Fsp3) is 0.727. The van der Waals surface area contributed by atoms with Gasteiger partial charge in [0, 0.05) is 18.4 Å². The summed E-state index contributed by atoms with van der Waals surface area (Å²) < 4.78 is 2.15. The van der Waals surface area contributed by atoms with Crippen LogP contribution < -0.4 is 5.73 Å². The summed E-state index contributed by atoms with van der Waals surface area (Å²) in [5, 5.41) is 0. The van der Waals surface area contributed by atoms with Crippen LogP contribution in [0.15, 0.2) is 0 Å². The third-order valence-corrected chi connectivity index (χ3v) is 2.86. The molecule has 2 N–H and O–H groups in total. The van der Waals surface area contributed by atoms with E-state index in [1.54, 1.807) is 0 Å². The zero-order valence-electron chi connectivity index (χ0n) is 9.25. The van der Waals surface area contributed by atoms with Gasteiger partial charge in [-0.2, -0.15) is 0 Å². The lowest BCUT2D eigenvalue weighted by Crippen LogP contribution is -2.06. The first kappa shape index (κ1) is 9.56. The van der Waals surface area contributed by atoms with Gasteiger partial charge in [-0.15, -0.1) is 0 Å². The maximum absolute atomic E-state index is 6.09. The van der Waals surface area contributed by atoms with Crippen LogP contribution in [0.4, 0.5) is 5.82 Å². The van der Waals surface area contributed by atoms with Gasteiger partial charge in [0.25, 0.3) is 0 Å². The van der Waals surface area contributed by atoms with E-state index in [1.165, 1.54) is 12.8 Å². The normalized spacial score (nSPS) is 16.6. The minimum absolute atomic E-state index is 0.463. The van der Waals surface area contributed by atoms with Crippen LogP contribution in [0.3, 0.4) is 0 Å². The summed E-state index contributed by atoms with van der Waals surface area (Å²) in [6, 6.07) is 0. The zero-order valence-corrected chi connectivity index (χ0v) is 9.25. The van der Waals surface area contributed by atoms with Gasteiger partial charge in [0.1, 0.15) is 11.6 Å². The fourth-order valence-electron chi connectivity index (χ4n) is 1.93. The van der Waals surface area contributed by atoms with Crippen LogP contribution in [-0.4, -0.2) is 9.55 Å². The molecule has 0 aromatic carbocycles. The van der Waals surface area contributed by atoms with E-state index in [4.69, 9.17) is 5.73 Å². The molecule has 1 aliphatic rings. The first-order valence-electron chi connectivity index (χ1n) is 5.50. The quantitative estimate of drug-likeness (QED) is 0.801. The highest BCUT2D eigenvalue weighted by Crippen LogP contribution is 2.42. The van der Waals surface area contributed by atoms with Crippen LogP contribution in [0.5, 0.6) is 0 Å². The standard InChI is InChI=1S/C11H19N3/c1-4-14-10(12)9(8-5-6-8)13-11(14)7(2)3/h7-8H,4-6,12H2,1-3H3. The molecule has 1 fully saturated rings. The molecular formula is C11H19N3. The SMILES string of the molecule is CCn1c(C(C)C)nc(C2CC2)c1N. The third kappa shape index (κ3) is 1.41.